The minimum absolute atomic E-state index is 0.0160. The Kier molecular flexibility index (Phi) is 6.15. The number of ketones is 1. The highest BCUT2D eigenvalue weighted by atomic mass is 16.5. The van der Waals surface area contributed by atoms with Crippen molar-refractivity contribution in [2.75, 3.05) is 6.61 Å². The smallest absolute Gasteiger partial charge is 0.295 e. The zero-order valence-corrected chi connectivity index (χ0v) is 21.0. The number of hydrogen-bond acceptors (Lipinski definition) is 6. The second-order valence-electron chi connectivity index (χ2n) is 10.3. The lowest BCUT2D eigenvalue weighted by atomic mass is 9.94. The van der Waals surface area contributed by atoms with Crippen LogP contribution in [0, 0.1) is 0 Å². The van der Waals surface area contributed by atoms with Crippen LogP contribution in [0.2, 0.25) is 0 Å². The highest BCUT2D eigenvalue weighted by molar-refractivity contribution is 6.46. The Balaban J connectivity index is 1.54. The predicted molar refractivity (Wildman–Crippen MR) is 138 cm³/mol. The van der Waals surface area contributed by atoms with Crippen molar-refractivity contribution in [3.05, 3.63) is 94.6 Å². The Morgan fingerprint density at radius 3 is 2.41 bits per heavy atom. The molecule has 5 rings (SSSR count). The van der Waals surface area contributed by atoms with E-state index in [-0.39, 0.29) is 29.2 Å². The van der Waals surface area contributed by atoms with E-state index in [1.54, 1.807) is 30.3 Å². The monoisotopic (exact) mass is 499 g/mol. The molecule has 1 amide bonds. The van der Waals surface area contributed by atoms with E-state index < -0.39 is 17.7 Å². The molecule has 0 aromatic heterocycles. The fourth-order valence-corrected chi connectivity index (χ4v) is 4.75. The lowest BCUT2D eigenvalue weighted by molar-refractivity contribution is -0.140. The van der Waals surface area contributed by atoms with E-state index in [0.717, 1.165) is 16.9 Å². The van der Waals surface area contributed by atoms with Crippen LogP contribution in [0.15, 0.2) is 72.3 Å². The lowest BCUT2D eigenvalue weighted by Gasteiger charge is -2.26. The predicted octanol–water partition coefficient (Wildman–Crippen LogP) is 5.13. The van der Waals surface area contributed by atoms with Crippen molar-refractivity contribution in [3.63, 3.8) is 0 Å². The molecule has 7 heteroatoms. The van der Waals surface area contributed by atoms with E-state index in [0.29, 0.717) is 29.9 Å². The zero-order chi connectivity index (χ0) is 26.3. The first-order valence-corrected chi connectivity index (χ1v) is 12.2. The van der Waals surface area contributed by atoms with Gasteiger partial charge < -0.3 is 24.6 Å². The SMILES string of the molecule is CC(C)(C)Oc1ccc(CN2C(=O)C(=O)/C(=C(\O)c3ccc4c(c3)CCO4)C2c2ccc(O)cc2)cc1. The standard InChI is InChI=1S/C30H29NO6/c1-30(2,3)37-23-11-4-18(5-12-23)17-31-26(19-6-9-22(32)10-7-19)25(28(34)29(31)35)27(33)21-8-13-24-20(16-21)14-15-36-24/h4-13,16,26,32-33H,14-15,17H2,1-3H3/b27-25-. The first kappa shape index (κ1) is 24.4. The van der Waals surface area contributed by atoms with Gasteiger partial charge in [-0.15, -0.1) is 0 Å². The summed E-state index contributed by atoms with van der Waals surface area (Å²) >= 11 is 0. The van der Waals surface area contributed by atoms with E-state index in [2.05, 4.69) is 0 Å². The Morgan fingerprint density at radius 1 is 1.03 bits per heavy atom. The molecule has 3 aromatic carbocycles. The van der Waals surface area contributed by atoms with Gasteiger partial charge in [0, 0.05) is 18.5 Å². The van der Waals surface area contributed by atoms with Crippen LogP contribution < -0.4 is 9.47 Å². The summed E-state index contributed by atoms with van der Waals surface area (Å²) in [5.41, 5.74) is 2.48. The van der Waals surface area contributed by atoms with Gasteiger partial charge in [-0.25, -0.2) is 0 Å². The van der Waals surface area contributed by atoms with Crippen molar-refractivity contribution in [1.82, 2.24) is 4.90 Å². The number of carbonyl (C=O) groups excluding carboxylic acids is 2. The fraction of sp³-hybridized carbons (Fsp3) is 0.267. The molecule has 1 unspecified atom stereocenters. The number of amides is 1. The molecule has 1 saturated heterocycles. The number of likely N-dealkylation sites (tertiary alicyclic amines) is 1. The Bertz CT molecular complexity index is 1380. The van der Waals surface area contributed by atoms with Gasteiger partial charge in [-0.2, -0.15) is 0 Å². The van der Waals surface area contributed by atoms with Crippen LogP contribution in [0.1, 0.15) is 49.1 Å². The summed E-state index contributed by atoms with van der Waals surface area (Å²) in [6, 6.07) is 18.1. The number of carbonyl (C=O) groups is 2. The number of phenols is 1. The average Bonchev–Trinajstić information content (AvgIpc) is 3.42. The fourth-order valence-electron chi connectivity index (χ4n) is 4.75. The van der Waals surface area contributed by atoms with E-state index in [1.807, 2.05) is 45.0 Å². The zero-order valence-electron chi connectivity index (χ0n) is 21.0. The molecule has 2 aliphatic rings. The third kappa shape index (κ3) is 4.89. The first-order valence-electron chi connectivity index (χ1n) is 12.2. The van der Waals surface area contributed by atoms with E-state index in [9.17, 15) is 19.8 Å². The summed E-state index contributed by atoms with van der Waals surface area (Å²) in [7, 11) is 0. The molecule has 0 radical (unpaired) electrons. The molecule has 0 bridgehead atoms. The largest absolute Gasteiger partial charge is 0.508 e. The third-order valence-corrected chi connectivity index (χ3v) is 6.41. The highest BCUT2D eigenvalue weighted by Gasteiger charge is 2.46. The van der Waals surface area contributed by atoms with Crippen LogP contribution in [0.5, 0.6) is 17.2 Å². The van der Waals surface area contributed by atoms with Gasteiger partial charge in [0.2, 0.25) is 0 Å². The molecule has 0 saturated carbocycles. The summed E-state index contributed by atoms with van der Waals surface area (Å²) in [5, 5.41) is 21.1. The molecule has 37 heavy (non-hydrogen) atoms. The van der Waals surface area contributed by atoms with Crippen LogP contribution in [-0.4, -0.2) is 39.0 Å². The maximum atomic E-state index is 13.3. The van der Waals surface area contributed by atoms with Crippen LogP contribution in [0.4, 0.5) is 0 Å². The van der Waals surface area contributed by atoms with Crippen LogP contribution in [0.25, 0.3) is 5.76 Å². The normalized spacial score (nSPS) is 18.6. The molecule has 2 heterocycles. The molecular weight excluding hydrogens is 470 g/mol. The van der Waals surface area contributed by atoms with E-state index in [4.69, 9.17) is 9.47 Å². The number of rotatable bonds is 5. The summed E-state index contributed by atoms with van der Waals surface area (Å²) in [5.74, 6) is -0.157. The summed E-state index contributed by atoms with van der Waals surface area (Å²) in [4.78, 5) is 28.1. The maximum absolute atomic E-state index is 13.3. The number of nitrogens with zero attached hydrogens (tertiary/aromatic N) is 1. The Morgan fingerprint density at radius 2 is 1.73 bits per heavy atom. The molecule has 2 N–H and O–H groups in total. The van der Waals surface area contributed by atoms with Crippen LogP contribution in [-0.2, 0) is 22.6 Å². The van der Waals surface area contributed by atoms with Gasteiger partial charge in [0.05, 0.1) is 18.2 Å². The summed E-state index contributed by atoms with van der Waals surface area (Å²) in [6.07, 6.45) is 0.709. The number of aliphatic hydroxyl groups excluding tert-OH is 1. The maximum Gasteiger partial charge on any atom is 0.295 e. The number of Topliss-reactive ketones (excluding diaryl/α,β-unsaturated/α-hetero) is 1. The first-order chi connectivity index (χ1) is 17.6. The van der Waals surface area contributed by atoms with Gasteiger partial charge in [0.25, 0.3) is 11.7 Å². The van der Waals surface area contributed by atoms with Crippen molar-refractivity contribution >= 4 is 17.4 Å². The lowest BCUT2D eigenvalue weighted by Crippen LogP contribution is -2.29. The number of aliphatic hydroxyl groups is 1. The minimum atomic E-state index is -0.824. The van der Waals surface area contributed by atoms with Crippen molar-refractivity contribution in [1.29, 1.82) is 0 Å². The molecule has 1 fully saturated rings. The number of aromatic hydroxyl groups is 1. The summed E-state index contributed by atoms with van der Waals surface area (Å²) < 4.78 is 11.4. The Hall–Kier alpha value is -4.26. The van der Waals surface area contributed by atoms with Crippen LogP contribution in [0.3, 0.4) is 0 Å². The van der Waals surface area contributed by atoms with Gasteiger partial charge in [-0.05, 0) is 79.9 Å². The molecule has 2 aliphatic heterocycles. The number of hydrogen-bond donors (Lipinski definition) is 2. The van der Waals surface area contributed by atoms with Gasteiger partial charge in [-0.1, -0.05) is 24.3 Å². The average molecular weight is 500 g/mol. The van der Waals surface area contributed by atoms with E-state index >= 15 is 0 Å². The van der Waals surface area contributed by atoms with Gasteiger partial charge in [-0.3, -0.25) is 9.59 Å². The van der Waals surface area contributed by atoms with Gasteiger partial charge in [0.1, 0.15) is 28.6 Å². The van der Waals surface area contributed by atoms with Crippen LogP contribution >= 0.6 is 0 Å². The third-order valence-electron chi connectivity index (χ3n) is 6.41. The van der Waals surface area contributed by atoms with E-state index in [1.165, 1.54) is 17.0 Å². The van der Waals surface area contributed by atoms with Crippen molar-refractivity contribution < 1.29 is 29.3 Å². The number of benzene rings is 3. The molecule has 0 aliphatic carbocycles. The van der Waals surface area contributed by atoms with Crippen molar-refractivity contribution in [3.8, 4) is 17.2 Å². The summed E-state index contributed by atoms with van der Waals surface area (Å²) in [6.45, 7) is 6.61. The second kappa shape index (κ2) is 9.32. The number of fused-ring (bicyclic) bond motifs is 1. The van der Waals surface area contributed by atoms with Crippen molar-refractivity contribution in [2.24, 2.45) is 0 Å². The Labute approximate surface area is 215 Å². The second-order valence-corrected chi connectivity index (χ2v) is 10.3. The molecule has 0 spiro atoms. The number of ether oxygens (including phenoxy) is 2. The molecular formula is C30H29NO6. The van der Waals surface area contributed by atoms with Gasteiger partial charge in [0.15, 0.2) is 0 Å². The quantitative estimate of drug-likeness (QED) is 0.287. The molecule has 3 aromatic rings. The number of phenolic OH excluding ortho intramolecular Hbond substituents is 1. The molecule has 7 nitrogen and oxygen atoms in total. The minimum Gasteiger partial charge on any atom is -0.508 e. The molecule has 1 atom stereocenters. The topological polar surface area (TPSA) is 96.3 Å². The molecule has 190 valence electrons. The highest BCUT2D eigenvalue weighted by Crippen LogP contribution is 2.41. The van der Waals surface area contributed by atoms with Crippen molar-refractivity contribution in [2.45, 2.75) is 45.4 Å². The van der Waals surface area contributed by atoms with Gasteiger partial charge >= 0.3 is 0 Å².